The van der Waals surface area contributed by atoms with E-state index in [4.69, 9.17) is 15.3 Å². The number of carbonyl (C=O) groups excluding carboxylic acids is 2. The van der Waals surface area contributed by atoms with Gasteiger partial charge in [-0.25, -0.2) is 9.59 Å². The van der Waals surface area contributed by atoms with Crippen molar-refractivity contribution in [2.45, 2.75) is 25.3 Å². The van der Waals surface area contributed by atoms with Crippen LogP contribution in [0, 0.1) is 0 Å². The van der Waals surface area contributed by atoms with E-state index in [2.05, 4.69) is 5.32 Å². The van der Waals surface area contributed by atoms with Crippen LogP contribution in [-0.4, -0.2) is 56.0 Å². The predicted octanol–water partition coefficient (Wildman–Crippen LogP) is -0.845. The van der Waals surface area contributed by atoms with Crippen LogP contribution in [0.5, 0.6) is 0 Å². The highest BCUT2D eigenvalue weighted by Gasteiger charge is 2.21. The number of hydrogen-bond acceptors (Lipinski definition) is 6. The fourth-order valence-corrected chi connectivity index (χ4v) is 1.74. The largest absolute Gasteiger partial charge is 0.481 e. The Morgan fingerprint density at radius 2 is 1.60 bits per heavy atom. The maximum Gasteiger partial charge on any atom is 0.383 e. The summed E-state index contributed by atoms with van der Waals surface area (Å²) in [6, 6.07) is -1.30. The third kappa shape index (κ3) is 8.08. The third-order valence-electron chi connectivity index (χ3n) is 2.01. The van der Waals surface area contributed by atoms with Crippen molar-refractivity contribution in [2.24, 2.45) is 0 Å². The fraction of sp³-hybridized carbons (Fsp3) is 0.500. The minimum absolute atomic E-state index is 0.0959. The molecule has 0 saturated carbocycles. The highest BCUT2D eigenvalue weighted by Crippen LogP contribution is 2.07. The summed E-state index contributed by atoms with van der Waals surface area (Å²) in [5, 5.41) is 26.5. The first-order valence-electron chi connectivity index (χ1n) is 5.38. The molecule has 0 aromatic carbocycles. The first-order valence-corrected chi connectivity index (χ1v) is 6.36. The molecule has 20 heavy (non-hydrogen) atoms. The van der Waals surface area contributed by atoms with Crippen LogP contribution in [0.4, 0.5) is 0 Å². The molecule has 0 bridgehead atoms. The van der Waals surface area contributed by atoms with Gasteiger partial charge in [-0.3, -0.25) is 14.4 Å². The number of hydrogen-bond donors (Lipinski definition) is 4. The molecular weight excluding hydrogens is 294 g/mol. The predicted molar refractivity (Wildman–Crippen MR) is 66.2 cm³/mol. The Bertz CT molecular complexity index is 421. The van der Waals surface area contributed by atoms with Gasteiger partial charge in [-0.05, 0) is 6.42 Å². The van der Waals surface area contributed by atoms with Crippen LogP contribution in [0.2, 0.25) is 0 Å². The van der Waals surface area contributed by atoms with Crippen LogP contribution < -0.4 is 5.32 Å². The molecule has 0 aromatic rings. The summed E-state index contributed by atoms with van der Waals surface area (Å²) < 4.78 is 0. The monoisotopic (exact) mass is 307 g/mol. The molecule has 0 spiro atoms. The number of aliphatic carboxylic acids is 3. The molecule has 0 aliphatic heterocycles. The Hall–Kier alpha value is -2.10. The Balaban J connectivity index is 4.20. The Morgan fingerprint density at radius 3 is 2.05 bits per heavy atom. The van der Waals surface area contributed by atoms with Crippen LogP contribution >= 0.6 is 11.8 Å². The van der Waals surface area contributed by atoms with E-state index in [-0.39, 0.29) is 18.6 Å². The molecule has 1 atom stereocenters. The number of nitrogens with one attached hydrogen (secondary N) is 1. The lowest BCUT2D eigenvalue weighted by Crippen LogP contribution is -2.41. The molecule has 112 valence electrons. The second kappa shape index (κ2) is 8.91. The standard InChI is InChI=1S/C10H13NO8S/c12-6(1-2-7(13)14)11-5(8(15)16)3-4-20-10(19)9(17)18/h5H,1-4H2,(H,11,12)(H,13,14)(H,15,16)(H,17,18). The van der Waals surface area contributed by atoms with Gasteiger partial charge < -0.3 is 20.6 Å². The van der Waals surface area contributed by atoms with Crippen LogP contribution in [0.25, 0.3) is 0 Å². The van der Waals surface area contributed by atoms with Crippen molar-refractivity contribution in [1.82, 2.24) is 5.32 Å². The Labute approximate surface area is 117 Å². The molecule has 0 aliphatic carbocycles. The summed E-state index contributed by atoms with van der Waals surface area (Å²) in [5.41, 5.74) is 0. The van der Waals surface area contributed by atoms with E-state index in [1.807, 2.05) is 0 Å². The van der Waals surface area contributed by atoms with Crippen molar-refractivity contribution in [3.05, 3.63) is 0 Å². The third-order valence-corrected chi connectivity index (χ3v) is 2.89. The van der Waals surface area contributed by atoms with Crippen LogP contribution in [0.15, 0.2) is 0 Å². The highest BCUT2D eigenvalue weighted by atomic mass is 32.2. The van der Waals surface area contributed by atoms with Gasteiger partial charge in [0.2, 0.25) is 5.91 Å². The molecule has 4 N–H and O–H groups in total. The SMILES string of the molecule is O=C(O)CCC(=O)NC(CCSC(=O)C(=O)O)C(=O)O. The molecule has 0 fully saturated rings. The molecule has 1 amide bonds. The lowest BCUT2D eigenvalue weighted by molar-refractivity contribution is -0.144. The molecule has 9 nitrogen and oxygen atoms in total. The molecule has 0 saturated heterocycles. The summed E-state index contributed by atoms with van der Waals surface area (Å²) in [7, 11) is 0. The van der Waals surface area contributed by atoms with E-state index in [1.165, 1.54) is 0 Å². The second-order valence-electron chi connectivity index (χ2n) is 3.58. The number of carboxylic acid groups (broad SMARTS) is 3. The van der Waals surface area contributed by atoms with E-state index in [1.54, 1.807) is 0 Å². The van der Waals surface area contributed by atoms with Crippen LogP contribution in [0.3, 0.4) is 0 Å². The van der Waals surface area contributed by atoms with Crippen molar-refractivity contribution in [3.8, 4) is 0 Å². The van der Waals surface area contributed by atoms with Gasteiger partial charge >= 0.3 is 17.9 Å². The van der Waals surface area contributed by atoms with Crippen LogP contribution in [-0.2, 0) is 24.0 Å². The van der Waals surface area contributed by atoms with Crippen molar-refractivity contribution in [2.75, 3.05) is 5.75 Å². The minimum Gasteiger partial charge on any atom is -0.481 e. The average molecular weight is 307 g/mol. The van der Waals surface area contributed by atoms with E-state index in [0.29, 0.717) is 11.8 Å². The van der Waals surface area contributed by atoms with Gasteiger partial charge in [-0.2, -0.15) is 0 Å². The molecule has 0 heterocycles. The maximum absolute atomic E-state index is 11.3. The van der Waals surface area contributed by atoms with Gasteiger partial charge in [0.1, 0.15) is 6.04 Å². The van der Waals surface area contributed by atoms with Gasteiger partial charge in [0.25, 0.3) is 5.12 Å². The quantitative estimate of drug-likeness (QED) is 0.419. The van der Waals surface area contributed by atoms with Crippen molar-refractivity contribution in [3.63, 3.8) is 0 Å². The number of amides is 1. The summed E-state index contributed by atoms with van der Waals surface area (Å²) >= 11 is 0.428. The average Bonchev–Trinajstić information content (AvgIpc) is 2.34. The number of rotatable bonds is 8. The van der Waals surface area contributed by atoms with Gasteiger partial charge in [0.05, 0.1) is 6.42 Å². The summed E-state index contributed by atoms with van der Waals surface area (Å²) in [6.45, 7) is 0. The summed E-state index contributed by atoms with van der Waals surface area (Å²) in [6.07, 6.45) is -0.942. The molecule has 0 aromatic heterocycles. The molecule has 10 heteroatoms. The molecule has 0 aliphatic rings. The van der Waals surface area contributed by atoms with Gasteiger partial charge in [-0.1, -0.05) is 11.8 Å². The zero-order chi connectivity index (χ0) is 15.7. The lowest BCUT2D eigenvalue weighted by atomic mass is 10.2. The number of thioether (sulfide) groups is 1. The number of carboxylic acids is 3. The van der Waals surface area contributed by atoms with Gasteiger partial charge in [-0.15, -0.1) is 0 Å². The Kier molecular flexibility index (Phi) is 7.97. The zero-order valence-electron chi connectivity index (χ0n) is 10.2. The Morgan fingerprint density at radius 1 is 1.00 bits per heavy atom. The summed E-state index contributed by atoms with van der Waals surface area (Å²) in [5.74, 6) is -5.00. The van der Waals surface area contributed by atoms with E-state index < -0.39 is 41.4 Å². The van der Waals surface area contributed by atoms with Crippen molar-refractivity contribution < 1.29 is 39.3 Å². The molecule has 1 unspecified atom stereocenters. The van der Waals surface area contributed by atoms with E-state index in [9.17, 15) is 24.0 Å². The second-order valence-corrected chi connectivity index (χ2v) is 4.65. The van der Waals surface area contributed by atoms with Crippen LogP contribution in [0.1, 0.15) is 19.3 Å². The number of carbonyl (C=O) groups is 5. The smallest absolute Gasteiger partial charge is 0.383 e. The minimum atomic E-state index is -1.63. The topological polar surface area (TPSA) is 158 Å². The molecular formula is C10H13NO8S. The van der Waals surface area contributed by atoms with E-state index >= 15 is 0 Å². The molecule has 0 rings (SSSR count). The summed E-state index contributed by atoms with van der Waals surface area (Å²) in [4.78, 5) is 53.3. The van der Waals surface area contributed by atoms with Gasteiger partial charge in [0, 0.05) is 12.2 Å². The van der Waals surface area contributed by atoms with Gasteiger partial charge in [0.15, 0.2) is 0 Å². The first kappa shape index (κ1) is 17.9. The van der Waals surface area contributed by atoms with Crippen molar-refractivity contribution >= 4 is 40.7 Å². The fourth-order valence-electron chi connectivity index (χ4n) is 1.08. The first-order chi connectivity index (χ1) is 9.23. The highest BCUT2D eigenvalue weighted by molar-refractivity contribution is 8.15. The maximum atomic E-state index is 11.3. The molecule has 0 radical (unpaired) electrons. The van der Waals surface area contributed by atoms with E-state index in [0.717, 1.165) is 0 Å². The lowest BCUT2D eigenvalue weighted by Gasteiger charge is -2.13. The van der Waals surface area contributed by atoms with Crippen molar-refractivity contribution in [1.29, 1.82) is 0 Å². The zero-order valence-corrected chi connectivity index (χ0v) is 11.0. The normalized spacial score (nSPS) is 11.4.